The van der Waals surface area contributed by atoms with Crippen LogP contribution in [0, 0.1) is 0 Å². The van der Waals surface area contributed by atoms with Crippen molar-refractivity contribution in [1.29, 1.82) is 0 Å². The second-order valence-electron chi connectivity index (χ2n) is 3.30. The summed E-state index contributed by atoms with van der Waals surface area (Å²) in [5.41, 5.74) is 0. The van der Waals surface area contributed by atoms with Crippen molar-refractivity contribution in [2.75, 3.05) is 12.8 Å². The summed E-state index contributed by atoms with van der Waals surface area (Å²) in [6, 6.07) is 0. The van der Waals surface area contributed by atoms with E-state index in [-0.39, 0.29) is 6.61 Å². The van der Waals surface area contributed by atoms with Crippen LogP contribution in [0.4, 0.5) is 0 Å². The third-order valence-corrected chi connectivity index (χ3v) is 2.58. The van der Waals surface area contributed by atoms with Crippen LogP contribution in [-0.2, 0) is 0 Å². The maximum atomic E-state index is 9.36. The molecule has 0 aliphatic rings. The van der Waals surface area contributed by atoms with Gasteiger partial charge in [-0.3, -0.25) is 0 Å². The maximum Gasteiger partial charge on any atom is 0.0833 e. The molecule has 3 unspecified atom stereocenters. The SMILES string of the molecule is OCCCCCCC(O)C(O)CP. The van der Waals surface area contributed by atoms with Gasteiger partial charge in [-0.1, -0.05) is 19.3 Å². The maximum absolute atomic E-state index is 9.36. The van der Waals surface area contributed by atoms with E-state index in [2.05, 4.69) is 9.24 Å². The van der Waals surface area contributed by atoms with E-state index in [4.69, 9.17) is 5.11 Å². The van der Waals surface area contributed by atoms with Gasteiger partial charge in [-0.05, 0) is 19.0 Å². The van der Waals surface area contributed by atoms with Crippen molar-refractivity contribution in [3.8, 4) is 0 Å². The highest BCUT2D eigenvalue weighted by molar-refractivity contribution is 7.16. The Morgan fingerprint density at radius 1 is 0.923 bits per heavy atom. The largest absolute Gasteiger partial charge is 0.396 e. The summed E-state index contributed by atoms with van der Waals surface area (Å²) in [5, 5.41) is 27.1. The van der Waals surface area contributed by atoms with Crippen molar-refractivity contribution in [2.24, 2.45) is 0 Å². The molecule has 0 radical (unpaired) electrons. The molecule has 0 aromatic carbocycles. The van der Waals surface area contributed by atoms with E-state index in [9.17, 15) is 10.2 Å². The highest BCUT2D eigenvalue weighted by Gasteiger charge is 2.12. The summed E-state index contributed by atoms with van der Waals surface area (Å²) in [6.07, 6.45) is 3.75. The Balaban J connectivity index is 3.21. The second-order valence-corrected chi connectivity index (χ2v) is 3.77. The number of rotatable bonds is 8. The minimum atomic E-state index is -0.608. The molecule has 4 heteroatoms. The molecule has 80 valence electrons. The lowest BCUT2D eigenvalue weighted by Gasteiger charge is -2.15. The Kier molecular flexibility index (Phi) is 9.10. The Morgan fingerprint density at radius 2 is 1.54 bits per heavy atom. The monoisotopic (exact) mass is 208 g/mol. The van der Waals surface area contributed by atoms with Gasteiger partial charge in [-0.25, -0.2) is 0 Å². The summed E-state index contributed by atoms with van der Waals surface area (Å²) >= 11 is 0. The zero-order chi connectivity index (χ0) is 10.1. The van der Waals surface area contributed by atoms with E-state index >= 15 is 0 Å². The zero-order valence-electron chi connectivity index (χ0n) is 8.02. The first-order valence-electron chi connectivity index (χ1n) is 4.89. The molecular weight excluding hydrogens is 187 g/mol. The van der Waals surface area contributed by atoms with Gasteiger partial charge >= 0.3 is 0 Å². The lowest BCUT2D eigenvalue weighted by molar-refractivity contribution is 0.0274. The summed E-state index contributed by atoms with van der Waals surface area (Å²) in [4.78, 5) is 0. The molecule has 0 aromatic rings. The topological polar surface area (TPSA) is 60.7 Å². The quantitative estimate of drug-likeness (QED) is 0.403. The van der Waals surface area contributed by atoms with Crippen LogP contribution in [0.3, 0.4) is 0 Å². The fourth-order valence-corrected chi connectivity index (χ4v) is 1.48. The fourth-order valence-electron chi connectivity index (χ4n) is 1.17. The molecule has 3 nitrogen and oxygen atoms in total. The van der Waals surface area contributed by atoms with Gasteiger partial charge < -0.3 is 15.3 Å². The number of aliphatic hydroxyl groups is 3. The van der Waals surface area contributed by atoms with Gasteiger partial charge in [-0.2, -0.15) is 0 Å². The van der Waals surface area contributed by atoms with Crippen LogP contribution in [0.15, 0.2) is 0 Å². The van der Waals surface area contributed by atoms with E-state index < -0.39 is 12.2 Å². The molecule has 0 spiro atoms. The van der Waals surface area contributed by atoms with E-state index in [1.165, 1.54) is 0 Å². The van der Waals surface area contributed by atoms with Crippen molar-refractivity contribution in [1.82, 2.24) is 0 Å². The number of hydrogen-bond donors (Lipinski definition) is 3. The molecular formula is C9H21O3P. The van der Waals surface area contributed by atoms with Crippen LogP contribution in [0.5, 0.6) is 0 Å². The average molecular weight is 208 g/mol. The average Bonchev–Trinajstić information content (AvgIpc) is 2.16. The zero-order valence-corrected chi connectivity index (χ0v) is 9.18. The molecule has 0 heterocycles. The predicted octanol–water partition coefficient (Wildman–Crippen LogP) is 0.526. The van der Waals surface area contributed by atoms with E-state index in [1.807, 2.05) is 0 Å². The number of hydrogen-bond acceptors (Lipinski definition) is 3. The molecule has 0 rings (SSSR count). The fraction of sp³-hybridized carbons (Fsp3) is 1.00. The summed E-state index contributed by atoms with van der Waals surface area (Å²) in [5.74, 6) is 0. The van der Waals surface area contributed by atoms with Gasteiger partial charge in [0.2, 0.25) is 0 Å². The highest BCUT2D eigenvalue weighted by Crippen LogP contribution is 2.09. The summed E-state index contributed by atoms with van der Waals surface area (Å²) in [6.45, 7) is 0.247. The molecule has 3 atom stereocenters. The standard InChI is InChI=1S/C9H21O3P/c10-6-4-2-1-3-5-8(11)9(12)7-13/h8-12H,1-7,13H2. The van der Waals surface area contributed by atoms with Crippen LogP contribution in [0.1, 0.15) is 32.1 Å². The molecule has 0 bridgehead atoms. The Morgan fingerprint density at radius 3 is 2.08 bits per heavy atom. The van der Waals surface area contributed by atoms with Gasteiger partial charge in [0.15, 0.2) is 0 Å². The Bertz CT molecular complexity index is 111. The third kappa shape index (κ3) is 7.39. The minimum Gasteiger partial charge on any atom is -0.396 e. The van der Waals surface area contributed by atoms with E-state index in [1.54, 1.807) is 0 Å². The van der Waals surface area contributed by atoms with Crippen molar-refractivity contribution in [2.45, 2.75) is 44.3 Å². The van der Waals surface area contributed by atoms with Gasteiger partial charge in [-0.15, -0.1) is 9.24 Å². The normalized spacial score (nSPS) is 15.7. The molecule has 0 amide bonds. The van der Waals surface area contributed by atoms with Crippen LogP contribution < -0.4 is 0 Å². The van der Waals surface area contributed by atoms with Gasteiger partial charge in [0.1, 0.15) is 0 Å². The Labute approximate surface area is 82.4 Å². The molecule has 0 saturated heterocycles. The molecule has 13 heavy (non-hydrogen) atoms. The van der Waals surface area contributed by atoms with Crippen molar-refractivity contribution in [3.05, 3.63) is 0 Å². The first-order valence-corrected chi connectivity index (χ1v) is 5.71. The van der Waals surface area contributed by atoms with Crippen LogP contribution in [-0.4, -0.2) is 40.3 Å². The van der Waals surface area contributed by atoms with E-state index in [0.29, 0.717) is 12.6 Å². The van der Waals surface area contributed by atoms with Gasteiger partial charge in [0.05, 0.1) is 12.2 Å². The molecule has 0 fully saturated rings. The molecule has 3 N–H and O–H groups in total. The molecule has 0 saturated carbocycles. The lowest BCUT2D eigenvalue weighted by atomic mass is 10.1. The molecule has 0 aromatic heterocycles. The summed E-state index contributed by atoms with van der Waals surface area (Å²) in [7, 11) is 2.41. The minimum absolute atomic E-state index is 0.247. The second kappa shape index (κ2) is 8.89. The highest BCUT2D eigenvalue weighted by atomic mass is 31.0. The van der Waals surface area contributed by atoms with Crippen molar-refractivity contribution < 1.29 is 15.3 Å². The lowest BCUT2D eigenvalue weighted by Crippen LogP contribution is -2.26. The molecule has 0 aliphatic carbocycles. The Hall–Kier alpha value is 0.310. The smallest absolute Gasteiger partial charge is 0.0833 e. The van der Waals surface area contributed by atoms with Crippen molar-refractivity contribution in [3.63, 3.8) is 0 Å². The van der Waals surface area contributed by atoms with Crippen LogP contribution in [0.25, 0.3) is 0 Å². The predicted molar refractivity (Wildman–Crippen MR) is 56.8 cm³/mol. The van der Waals surface area contributed by atoms with Crippen LogP contribution >= 0.6 is 9.24 Å². The number of aliphatic hydroxyl groups excluding tert-OH is 3. The van der Waals surface area contributed by atoms with Gasteiger partial charge in [0.25, 0.3) is 0 Å². The van der Waals surface area contributed by atoms with Crippen LogP contribution in [0.2, 0.25) is 0 Å². The van der Waals surface area contributed by atoms with E-state index in [0.717, 1.165) is 25.7 Å². The van der Waals surface area contributed by atoms with Crippen molar-refractivity contribution >= 4 is 9.24 Å². The number of unbranched alkanes of at least 4 members (excludes halogenated alkanes) is 3. The first kappa shape index (κ1) is 13.3. The summed E-state index contributed by atoms with van der Waals surface area (Å²) < 4.78 is 0. The third-order valence-electron chi connectivity index (χ3n) is 2.09. The first-order chi connectivity index (χ1) is 6.22. The molecule has 0 aliphatic heterocycles. The van der Waals surface area contributed by atoms with Gasteiger partial charge in [0, 0.05) is 6.61 Å².